The highest BCUT2D eigenvalue weighted by molar-refractivity contribution is 5.26. The van der Waals surface area contributed by atoms with Crippen molar-refractivity contribution in [2.45, 2.75) is 59.6 Å². The molecular weight excluding hydrogens is 246 g/mol. The third-order valence-electron chi connectivity index (χ3n) is 5.19. The first-order chi connectivity index (χ1) is 9.49. The second-order valence-electron chi connectivity index (χ2n) is 5.88. The fourth-order valence-electron chi connectivity index (χ4n) is 2.97. The second kappa shape index (κ2) is 7.24. The highest BCUT2D eigenvalue weighted by Gasteiger charge is 2.25. The monoisotopic (exact) mass is 278 g/mol. The molecule has 0 saturated carbocycles. The molecule has 2 nitrogen and oxygen atoms in total. The summed E-state index contributed by atoms with van der Waals surface area (Å²) in [7, 11) is 0. The lowest BCUT2D eigenvalue weighted by Gasteiger charge is -2.36. The first kappa shape index (κ1) is 17.2. The zero-order valence-electron chi connectivity index (χ0n) is 13.9. The van der Waals surface area contributed by atoms with Crippen molar-refractivity contribution in [1.29, 1.82) is 0 Å². The van der Waals surface area contributed by atoms with Crippen LogP contribution in [-0.2, 0) is 12.1 Å². The summed E-state index contributed by atoms with van der Waals surface area (Å²) in [5, 5.41) is 10.6. The number of hydrogen-bond donors (Lipinski definition) is 1. The molecule has 0 heterocycles. The minimum Gasteiger partial charge on any atom is -0.385 e. The molecule has 0 aliphatic carbocycles. The quantitative estimate of drug-likeness (QED) is 0.711. The van der Waals surface area contributed by atoms with Crippen LogP contribution in [0, 0.1) is 0 Å². The summed E-state index contributed by atoms with van der Waals surface area (Å²) in [4.78, 5) is 0. The molecule has 0 amide bonds. The summed E-state index contributed by atoms with van der Waals surface area (Å²) in [6, 6.07) is 8.61. The topological polar surface area (TPSA) is 20.2 Å². The van der Waals surface area contributed by atoms with Crippen LogP contribution in [0.5, 0.6) is 0 Å². The molecular formula is C18H32NO+. The van der Waals surface area contributed by atoms with E-state index in [0.29, 0.717) is 0 Å². The average Bonchev–Trinajstić information content (AvgIpc) is 2.52. The van der Waals surface area contributed by atoms with Crippen molar-refractivity contribution in [3.63, 3.8) is 0 Å². The second-order valence-corrected chi connectivity index (χ2v) is 5.88. The van der Waals surface area contributed by atoms with Crippen LogP contribution in [0.15, 0.2) is 24.3 Å². The van der Waals surface area contributed by atoms with Gasteiger partial charge in [0.15, 0.2) is 0 Å². The van der Waals surface area contributed by atoms with Crippen LogP contribution in [-0.4, -0.2) is 29.2 Å². The van der Waals surface area contributed by atoms with E-state index in [1.165, 1.54) is 25.2 Å². The lowest BCUT2D eigenvalue weighted by atomic mass is 9.88. The Kier molecular flexibility index (Phi) is 6.22. The van der Waals surface area contributed by atoms with Gasteiger partial charge in [-0.3, -0.25) is 0 Å². The standard InChI is InChI=1S/C18H32NO/c1-6-18(20,7-2)17-13-11-16(12-14-17)15-19(8-3,9-4)10-5/h11-14,20H,6-10,15H2,1-5H3/q+1. The fourth-order valence-corrected chi connectivity index (χ4v) is 2.97. The number of hydrogen-bond acceptors (Lipinski definition) is 1. The van der Waals surface area contributed by atoms with E-state index in [1.807, 2.05) is 13.8 Å². The molecule has 1 aromatic carbocycles. The van der Waals surface area contributed by atoms with Crippen LogP contribution < -0.4 is 0 Å². The molecule has 0 bridgehead atoms. The molecule has 20 heavy (non-hydrogen) atoms. The Balaban J connectivity index is 2.92. The van der Waals surface area contributed by atoms with Crippen LogP contribution in [0.3, 0.4) is 0 Å². The van der Waals surface area contributed by atoms with E-state index in [2.05, 4.69) is 45.0 Å². The predicted molar refractivity (Wildman–Crippen MR) is 86.5 cm³/mol. The molecule has 0 saturated heterocycles. The molecule has 1 rings (SSSR count). The normalized spacial score (nSPS) is 12.7. The predicted octanol–water partition coefficient (Wildman–Crippen LogP) is 4.07. The van der Waals surface area contributed by atoms with E-state index in [1.54, 1.807) is 0 Å². The van der Waals surface area contributed by atoms with E-state index < -0.39 is 5.60 Å². The number of rotatable bonds is 8. The summed E-state index contributed by atoms with van der Waals surface area (Å²) < 4.78 is 1.13. The summed E-state index contributed by atoms with van der Waals surface area (Å²) >= 11 is 0. The van der Waals surface area contributed by atoms with E-state index in [-0.39, 0.29) is 0 Å². The van der Waals surface area contributed by atoms with Crippen molar-refractivity contribution >= 4 is 0 Å². The van der Waals surface area contributed by atoms with Crippen LogP contribution in [0.2, 0.25) is 0 Å². The van der Waals surface area contributed by atoms with Gasteiger partial charge in [-0.25, -0.2) is 0 Å². The summed E-state index contributed by atoms with van der Waals surface area (Å²) in [5.74, 6) is 0. The van der Waals surface area contributed by atoms with Gasteiger partial charge in [0.25, 0.3) is 0 Å². The zero-order chi connectivity index (χ0) is 15.2. The maximum absolute atomic E-state index is 10.6. The highest BCUT2D eigenvalue weighted by Crippen LogP contribution is 2.28. The van der Waals surface area contributed by atoms with Crippen LogP contribution >= 0.6 is 0 Å². The highest BCUT2D eigenvalue weighted by atomic mass is 16.3. The van der Waals surface area contributed by atoms with E-state index in [4.69, 9.17) is 0 Å². The number of benzene rings is 1. The van der Waals surface area contributed by atoms with Crippen molar-refractivity contribution in [2.75, 3.05) is 19.6 Å². The number of quaternary nitrogens is 1. The molecule has 0 aliphatic rings. The maximum Gasteiger partial charge on any atom is 0.104 e. The smallest absolute Gasteiger partial charge is 0.104 e. The first-order valence-corrected chi connectivity index (χ1v) is 8.16. The maximum atomic E-state index is 10.6. The lowest BCUT2D eigenvalue weighted by molar-refractivity contribution is -0.936. The Hall–Kier alpha value is -0.860. The van der Waals surface area contributed by atoms with E-state index in [9.17, 15) is 5.11 Å². The Morgan fingerprint density at radius 1 is 0.850 bits per heavy atom. The van der Waals surface area contributed by atoms with E-state index >= 15 is 0 Å². The van der Waals surface area contributed by atoms with Crippen LogP contribution in [0.4, 0.5) is 0 Å². The number of nitrogens with zero attached hydrogens (tertiary/aromatic N) is 1. The van der Waals surface area contributed by atoms with Gasteiger partial charge in [-0.1, -0.05) is 38.1 Å². The molecule has 0 spiro atoms. The van der Waals surface area contributed by atoms with Crippen LogP contribution in [0.25, 0.3) is 0 Å². The van der Waals surface area contributed by atoms with Gasteiger partial charge >= 0.3 is 0 Å². The molecule has 0 fully saturated rings. The van der Waals surface area contributed by atoms with Gasteiger partial charge in [0.2, 0.25) is 0 Å². The fraction of sp³-hybridized carbons (Fsp3) is 0.667. The van der Waals surface area contributed by atoms with Gasteiger partial charge in [-0.15, -0.1) is 0 Å². The summed E-state index contributed by atoms with van der Waals surface area (Å²) in [6.07, 6.45) is 1.53. The van der Waals surface area contributed by atoms with Gasteiger partial charge < -0.3 is 9.59 Å². The summed E-state index contributed by atoms with van der Waals surface area (Å²) in [6.45, 7) is 15.5. The molecule has 114 valence electrons. The summed E-state index contributed by atoms with van der Waals surface area (Å²) in [5.41, 5.74) is 1.76. The molecule has 2 heteroatoms. The Labute approximate surface area is 125 Å². The Bertz CT molecular complexity index is 380. The molecule has 0 atom stereocenters. The SMILES string of the molecule is CCC(O)(CC)c1ccc(C[N+](CC)(CC)CC)cc1. The molecule has 0 radical (unpaired) electrons. The van der Waals surface area contributed by atoms with Crippen molar-refractivity contribution in [2.24, 2.45) is 0 Å². The van der Waals surface area contributed by atoms with Gasteiger partial charge in [-0.2, -0.15) is 0 Å². The molecule has 0 aliphatic heterocycles. The van der Waals surface area contributed by atoms with Crippen molar-refractivity contribution in [3.05, 3.63) is 35.4 Å². The minimum absolute atomic E-state index is 0.662. The van der Waals surface area contributed by atoms with Crippen LogP contribution in [0.1, 0.15) is 58.6 Å². The van der Waals surface area contributed by atoms with Gasteiger partial charge in [-0.05, 0) is 39.2 Å². The zero-order valence-corrected chi connectivity index (χ0v) is 13.9. The van der Waals surface area contributed by atoms with E-state index in [0.717, 1.165) is 29.4 Å². The third-order valence-corrected chi connectivity index (χ3v) is 5.19. The minimum atomic E-state index is -0.662. The van der Waals surface area contributed by atoms with Gasteiger partial charge in [0.05, 0.1) is 25.2 Å². The Morgan fingerprint density at radius 3 is 1.65 bits per heavy atom. The van der Waals surface area contributed by atoms with Crippen molar-refractivity contribution in [1.82, 2.24) is 0 Å². The molecule has 0 unspecified atom stereocenters. The molecule has 1 N–H and O–H groups in total. The largest absolute Gasteiger partial charge is 0.385 e. The van der Waals surface area contributed by atoms with Gasteiger partial charge in [0.1, 0.15) is 6.54 Å². The van der Waals surface area contributed by atoms with Gasteiger partial charge in [0, 0.05) is 5.56 Å². The molecule has 1 aromatic rings. The number of aliphatic hydroxyl groups is 1. The first-order valence-electron chi connectivity index (χ1n) is 8.16. The van der Waals surface area contributed by atoms with Crippen molar-refractivity contribution < 1.29 is 9.59 Å². The average molecular weight is 278 g/mol. The third kappa shape index (κ3) is 3.62. The van der Waals surface area contributed by atoms with Crippen molar-refractivity contribution in [3.8, 4) is 0 Å². The lowest BCUT2D eigenvalue weighted by Crippen LogP contribution is -2.46. The molecule has 0 aromatic heterocycles. The Morgan fingerprint density at radius 2 is 1.30 bits per heavy atom.